The Morgan fingerprint density at radius 3 is 2.43 bits per heavy atom. The number of hydrogen-bond donors (Lipinski definition) is 1. The highest BCUT2D eigenvalue weighted by Crippen LogP contribution is 2.28. The number of rotatable bonds is 6. The molecular weight excluding hydrogens is 256 g/mol. The lowest BCUT2D eigenvalue weighted by atomic mass is 9.85. The monoisotopic (exact) mass is 288 g/mol. The minimum absolute atomic E-state index is 0.279. The lowest BCUT2D eigenvalue weighted by molar-refractivity contribution is 0.0163. The fourth-order valence-corrected chi connectivity index (χ4v) is 3.24. The zero-order valence-electron chi connectivity index (χ0n) is 14.3. The molecule has 0 aromatic heterocycles. The first-order valence-electron chi connectivity index (χ1n) is 8.55. The van der Waals surface area contributed by atoms with Crippen LogP contribution in [0.4, 0.5) is 0 Å². The summed E-state index contributed by atoms with van der Waals surface area (Å²) in [7, 11) is 0. The van der Waals surface area contributed by atoms with Crippen LogP contribution < -0.4 is 5.32 Å². The van der Waals surface area contributed by atoms with Crippen molar-refractivity contribution in [3.8, 4) is 0 Å². The Morgan fingerprint density at radius 2 is 1.81 bits per heavy atom. The molecule has 0 radical (unpaired) electrons. The van der Waals surface area contributed by atoms with Gasteiger partial charge in [-0.2, -0.15) is 0 Å². The molecule has 0 saturated carbocycles. The van der Waals surface area contributed by atoms with Crippen LogP contribution in [-0.2, 0) is 6.42 Å². The molecule has 0 amide bonds. The second-order valence-corrected chi connectivity index (χ2v) is 7.13. The average Bonchev–Trinajstić information content (AvgIpc) is 2.52. The largest absolute Gasteiger partial charge is 0.308 e. The van der Waals surface area contributed by atoms with Crippen molar-refractivity contribution in [3.63, 3.8) is 0 Å². The molecule has 21 heavy (non-hydrogen) atoms. The lowest BCUT2D eigenvalue weighted by Gasteiger charge is -2.52. The standard InChI is InChI=1S/C19H32N2/c1-5-18(3)16-21(19(4,6-2)15-20-18)14-10-13-17-11-8-7-9-12-17/h7-9,11-12,20H,5-6,10,13-16H2,1-4H3. The molecule has 118 valence electrons. The van der Waals surface area contributed by atoms with Gasteiger partial charge in [0.15, 0.2) is 0 Å². The SMILES string of the molecule is CCC1(C)CN(CCCc2ccccc2)C(C)(CC)CN1. The van der Waals surface area contributed by atoms with Crippen LogP contribution in [-0.4, -0.2) is 35.6 Å². The van der Waals surface area contributed by atoms with Gasteiger partial charge in [-0.15, -0.1) is 0 Å². The van der Waals surface area contributed by atoms with E-state index in [9.17, 15) is 0 Å². The Labute approximate surface area is 130 Å². The summed E-state index contributed by atoms with van der Waals surface area (Å²) >= 11 is 0. The average molecular weight is 288 g/mol. The van der Waals surface area contributed by atoms with Gasteiger partial charge in [0, 0.05) is 24.2 Å². The molecule has 1 aromatic carbocycles. The molecule has 2 rings (SSSR count). The minimum Gasteiger partial charge on any atom is -0.308 e. The molecule has 0 aliphatic carbocycles. The van der Waals surface area contributed by atoms with Crippen molar-refractivity contribution in [3.05, 3.63) is 35.9 Å². The van der Waals surface area contributed by atoms with Gasteiger partial charge >= 0.3 is 0 Å². The van der Waals surface area contributed by atoms with Crippen LogP contribution in [0.1, 0.15) is 52.5 Å². The van der Waals surface area contributed by atoms with E-state index in [4.69, 9.17) is 0 Å². The van der Waals surface area contributed by atoms with Crippen LogP contribution in [0.25, 0.3) is 0 Å². The molecule has 1 aliphatic rings. The van der Waals surface area contributed by atoms with Crippen LogP contribution in [0.15, 0.2) is 30.3 Å². The van der Waals surface area contributed by atoms with Gasteiger partial charge in [0.05, 0.1) is 0 Å². The fourth-order valence-electron chi connectivity index (χ4n) is 3.24. The first kappa shape index (κ1) is 16.5. The zero-order valence-corrected chi connectivity index (χ0v) is 14.3. The predicted molar refractivity (Wildman–Crippen MR) is 91.7 cm³/mol. The van der Waals surface area contributed by atoms with Gasteiger partial charge in [0.1, 0.15) is 0 Å². The molecule has 0 bridgehead atoms. The van der Waals surface area contributed by atoms with Gasteiger partial charge in [0.25, 0.3) is 0 Å². The van der Waals surface area contributed by atoms with E-state index < -0.39 is 0 Å². The molecule has 2 atom stereocenters. The summed E-state index contributed by atoms with van der Waals surface area (Å²) in [6, 6.07) is 10.9. The Kier molecular flexibility index (Phi) is 5.45. The number of nitrogens with one attached hydrogen (secondary N) is 1. The first-order valence-corrected chi connectivity index (χ1v) is 8.55. The quantitative estimate of drug-likeness (QED) is 0.855. The first-order chi connectivity index (χ1) is 10.0. The van der Waals surface area contributed by atoms with E-state index in [1.54, 1.807) is 0 Å². The van der Waals surface area contributed by atoms with E-state index in [0.29, 0.717) is 5.54 Å². The second-order valence-electron chi connectivity index (χ2n) is 7.13. The van der Waals surface area contributed by atoms with E-state index in [2.05, 4.69) is 68.2 Å². The maximum Gasteiger partial charge on any atom is 0.0304 e. The number of aryl methyl sites for hydroxylation is 1. The predicted octanol–water partition coefficient (Wildman–Crippen LogP) is 3.86. The smallest absolute Gasteiger partial charge is 0.0304 e. The van der Waals surface area contributed by atoms with Gasteiger partial charge in [-0.3, -0.25) is 4.90 Å². The van der Waals surface area contributed by atoms with Gasteiger partial charge in [-0.1, -0.05) is 44.2 Å². The molecular formula is C19H32N2. The van der Waals surface area contributed by atoms with E-state index in [1.165, 1.54) is 44.3 Å². The summed E-state index contributed by atoms with van der Waals surface area (Å²) in [6.45, 7) is 12.9. The van der Waals surface area contributed by atoms with Gasteiger partial charge < -0.3 is 5.32 Å². The van der Waals surface area contributed by atoms with E-state index >= 15 is 0 Å². The summed E-state index contributed by atoms with van der Waals surface area (Å²) in [5, 5.41) is 3.78. The molecule has 1 aliphatic heterocycles. The van der Waals surface area contributed by atoms with Crippen LogP contribution in [0.2, 0.25) is 0 Å². The number of benzene rings is 1. The van der Waals surface area contributed by atoms with E-state index in [1.807, 2.05) is 0 Å². The minimum atomic E-state index is 0.279. The Hall–Kier alpha value is -0.860. The zero-order chi connectivity index (χ0) is 15.3. The highest BCUT2D eigenvalue weighted by molar-refractivity contribution is 5.14. The number of nitrogens with zero attached hydrogens (tertiary/aromatic N) is 1. The highest BCUT2D eigenvalue weighted by Gasteiger charge is 2.40. The molecule has 0 spiro atoms. The van der Waals surface area contributed by atoms with Crippen LogP contribution in [0, 0.1) is 0 Å². The Balaban J connectivity index is 1.94. The molecule has 2 heteroatoms. The summed E-state index contributed by atoms with van der Waals surface area (Å²) < 4.78 is 0. The van der Waals surface area contributed by atoms with Crippen LogP contribution in [0.5, 0.6) is 0 Å². The molecule has 1 N–H and O–H groups in total. The normalized spacial score (nSPS) is 30.5. The molecule has 1 aromatic rings. The maximum atomic E-state index is 3.78. The molecule has 2 nitrogen and oxygen atoms in total. The Bertz CT molecular complexity index is 430. The highest BCUT2D eigenvalue weighted by atomic mass is 15.3. The van der Waals surface area contributed by atoms with Crippen molar-refractivity contribution in [2.75, 3.05) is 19.6 Å². The summed E-state index contributed by atoms with van der Waals surface area (Å²) in [4.78, 5) is 2.73. The third-order valence-corrected chi connectivity index (χ3v) is 5.48. The number of piperazine rings is 1. The molecule has 1 fully saturated rings. The summed E-state index contributed by atoms with van der Waals surface area (Å²) in [5.74, 6) is 0. The topological polar surface area (TPSA) is 15.3 Å². The maximum absolute atomic E-state index is 3.78. The van der Waals surface area contributed by atoms with Crippen molar-refractivity contribution >= 4 is 0 Å². The molecule has 2 unspecified atom stereocenters. The van der Waals surface area contributed by atoms with E-state index in [0.717, 1.165) is 6.54 Å². The summed E-state index contributed by atoms with van der Waals surface area (Å²) in [5.41, 5.74) is 2.05. The van der Waals surface area contributed by atoms with Crippen LogP contribution in [0.3, 0.4) is 0 Å². The van der Waals surface area contributed by atoms with Gasteiger partial charge in [-0.25, -0.2) is 0 Å². The Morgan fingerprint density at radius 1 is 1.10 bits per heavy atom. The van der Waals surface area contributed by atoms with Crippen molar-refractivity contribution < 1.29 is 0 Å². The third kappa shape index (κ3) is 4.08. The third-order valence-electron chi connectivity index (χ3n) is 5.48. The van der Waals surface area contributed by atoms with Gasteiger partial charge in [0.2, 0.25) is 0 Å². The number of hydrogen-bond acceptors (Lipinski definition) is 2. The molecule has 1 heterocycles. The molecule has 1 saturated heterocycles. The summed E-state index contributed by atoms with van der Waals surface area (Å²) in [6.07, 6.45) is 4.85. The van der Waals surface area contributed by atoms with E-state index in [-0.39, 0.29) is 5.54 Å². The van der Waals surface area contributed by atoms with Crippen molar-refractivity contribution in [2.45, 2.75) is 64.5 Å². The van der Waals surface area contributed by atoms with Gasteiger partial charge in [-0.05, 0) is 51.6 Å². The second kappa shape index (κ2) is 6.93. The van der Waals surface area contributed by atoms with Crippen molar-refractivity contribution in [1.29, 1.82) is 0 Å². The van der Waals surface area contributed by atoms with Crippen molar-refractivity contribution in [1.82, 2.24) is 10.2 Å². The van der Waals surface area contributed by atoms with Crippen molar-refractivity contribution in [2.24, 2.45) is 0 Å². The fraction of sp³-hybridized carbons (Fsp3) is 0.684. The lowest BCUT2D eigenvalue weighted by Crippen LogP contribution is -2.67. The van der Waals surface area contributed by atoms with Crippen LogP contribution >= 0.6 is 0 Å².